The molecule has 0 aromatic heterocycles. The van der Waals surface area contributed by atoms with E-state index in [9.17, 15) is 38.4 Å². The summed E-state index contributed by atoms with van der Waals surface area (Å²) in [7, 11) is 11.8. The van der Waals surface area contributed by atoms with Crippen molar-refractivity contribution < 1.29 is 38.4 Å². The van der Waals surface area contributed by atoms with Crippen LogP contribution < -0.4 is 43.0 Å². The second-order valence-corrected chi connectivity index (χ2v) is 13.5. The first-order valence-electron chi connectivity index (χ1n) is 13.0. The van der Waals surface area contributed by atoms with Gasteiger partial charge in [0.1, 0.15) is 18.1 Å². The van der Waals surface area contributed by atoms with Gasteiger partial charge in [0, 0.05) is 85.3 Å². The largest absolute Gasteiger partial charge is 0.370 e. The summed E-state index contributed by atoms with van der Waals surface area (Å²) in [6.45, 7) is 5.36. The van der Waals surface area contributed by atoms with Crippen LogP contribution in [0.5, 0.6) is 0 Å². The molecule has 0 aliphatic heterocycles. The Balaban J connectivity index is -0.000000690. The quantitative estimate of drug-likeness (QED) is 0.0613. The minimum Gasteiger partial charge on any atom is -0.370 e. The van der Waals surface area contributed by atoms with Crippen molar-refractivity contribution in [2.24, 2.45) is 5.73 Å². The minimum atomic E-state index is -0.640. The molecule has 0 aliphatic carbocycles. The molecule has 0 saturated carbocycles. The zero-order chi connectivity index (χ0) is 34.7. The molecule has 2 unspecified atom stereocenters. The molecule has 0 saturated heterocycles. The van der Waals surface area contributed by atoms with Crippen molar-refractivity contribution in [3.63, 3.8) is 0 Å². The van der Waals surface area contributed by atoms with E-state index in [0.29, 0.717) is 29.4 Å². The van der Waals surface area contributed by atoms with Crippen LogP contribution >= 0.6 is 43.2 Å². The molecule has 0 radical (unpaired) electrons. The predicted octanol–water partition coefficient (Wildman–Crippen LogP) is -1.88. The van der Waals surface area contributed by atoms with E-state index in [-0.39, 0.29) is 47.3 Å². The van der Waals surface area contributed by atoms with Gasteiger partial charge in [0.05, 0.1) is 0 Å². The highest BCUT2D eigenvalue weighted by molar-refractivity contribution is 8.77. The number of hydrogen-bond donors (Lipinski definition) is 8. The zero-order valence-corrected chi connectivity index (χ0v) is 29.5. The number of carbonyl (C=O) groups is 8. The SMILES string of the molecule is CC(N)=O.CNC(=O)C(CSSCC(NC(C)=O)C(=O)NC)NC(C)=O.CNC(=O)CCSSC[C@H](NC(C)=O)C(=O)NC. The summed E-state index contributed by atoms with van der Waals surface area (Å²) in [5.41, 5.74) is 4.47. The van der Waals surface area contributed by atoms with Crippen LogP contribution in [0.2, 0.25) is 0 Å². The smallest absolute Gasteiger partial charge is 0.243 e. The molecule has 9 N–H and O–H groups in total. The van der Waals surface area contributed by atoms with Crippen LogP contribution in [0.15, 0.2) is 0 Å². The van der Waals surface area contributed by atoms with Gasteiger partial charge in [-0.25, -0.2) is 0 Å². The molecule has 8 amide bonds. The Labute approximate surface area is 274 Å². The summed E-state index contributed by atoms with van der Waals surface area (Å²) in [6, 6.07) is -1.82. The van der Waals surface area contributed by atoms with E-state index >= 15 is 0 Å². The molecule has 16 nitrogen and oxygen atoms in total. The number of carbonyl (C=O) groups excluding carboxylic acids is 8. The van der Waals surface area contributed by atoms with Gasteiger partial charge in [0.25, 0.3) is 0 Å². The zero-order valence-electron chi connectivity index (χ0n) is 26.2. The fourth-order valence-electron chi connectivity index (χ4n) is 2.47. The van der Waals surface area contributed by atoms with Gasteiger partial charge in [-0.15, -0.1) is 0 Å². The van der Waals surface area contributed by atoms with E-state index in [0.717, 1.165) is 0 Å². The van der Waals surface area contributed by atoms with Crippen LogP contribution in [0.3, 0.4) is 0 Å². The monoisotopic (exact) mass is 702 g/mol. The first kappa shape index (κ1) is 45.6. The first-order valence-corrected chi connectivity index (χ1v) is 17.9. The highest BCUT2D eigenvalue weighted by Crippen LogP contribution is 2.23. The Bertz CT molecular complexity index is 904. The van der Waals surface area contributed by atoms with E-state index in [1.807, 2.05) is 0 Å². The topological polar surface area (TPSA) is 247 Å². The Morgan fingerprint density at radius 1 is 0.523 bits per heavy atom. The third kappa shape index (κ3) is 29.2. The number of rotatable bonds is 17. The summed E-state index contributed by atoms with van der Waals surface area (Å²) in [4.78, 5) is 87.9. The van der Waals surface area contributed by atoms with Crippen molar-refractivity contribution in [2.75, 3.05) is 51.2 Å². The Kier molecular flexibility index (Phi) is 29.9. The number of nitrogens with two attached hydrogens (primary N) is 1. The highest BCUT2D eigenvalue weighted by Gasteiger charge is 2.21. The van der Waals surface area contributed by atoms with Gasteiger partial charge in [0.15, 0.2) is 0 Å². The second-order valence-electron chi connectivity index (χ2n) is 8.31. The summed E-state index contributed by atoms with van der Waals surface area (Å²) in [5.74, 6) is -0.100. The predicted molar refractivity (Wildman–Crippen MR) is 178 cm³/mol. The van der Waals surface area contributed by atoms with Crippen LogP contribution in [0, 0.1) is 0 Å². The van der Waals surface area contributed by atoms with Crippen LogP contribution in [-0.4, -0.2) is 117 Å². The average molecular weight is 703 g/mol. The van der Waals surface area contributed by atoms with Gasteiger partial charge in [-0.2, -0.15) is 0 Å². The molecule has 3 atom stereocenters. The van der Waals surface area contributed by atoms with Crippen molar-refractivity contribution in [2.45, 2.75) is 52.2 Å². The van der Waals surface area contributed by atoms with Gasteiger partial charge < -0.3 is 43.0 Å². The fraction of sp³-hybridized carbons (Fsp3) is 0.667. The Morgan fingerprint density at radius 2 is 0.795 bits per heavy atom. The summed E-state index contributed by atoms with van der Waals surface area (Å²) in [6.07, 6.45) is 0.443. The molecule has 0 bridgehead atoms. The van der Waals surface area contributed by atoms with E-state index < -0.39 is 18.1 Å². The van der Waals surface area contributed by atoms with Gasteiger partial charge in [-0.1, -0.05) is 43.2 Å². The summed E-state index contributed by atoms with van der Waals surface area (Å²) < 4.78 is 0. The maximum absolute atomic E-state index is 11.6. The van der Waals surface area contributed by atoms with E-state index in [4.69, 9.17) is 0 Å². The third-order valence-electron chi connectivity index (χ3n) is 4.38. The molecular weight excluding hydrogens is 657 g/mol. The standard InChI is InChI=1S/C12H22N4O4S2.C10H19N3O3S2.C2H5NO/c1-7(17)15-9(11(19)13-3)5-21-22-6-10(12(20)14-4)16-8(2)18;1-7(14)13-8(10(16)12-3)6-18-17-5-4-9(15)11-2;1-2(3)4/h9-10H,5-6H2,1-4H3,(H,13,19)(H,14,20)(H,15,17)(H,16,18);8H,4-6H2,1-3H3,(H,11,15)(H,12,16)(H,13,14);1H3,(H2,3,4)/t;8-;/m.0./s1. The van der Waals surface area contributed by atoms with Gasteiger partial charge in [0.2, 0.25) is 47.3 Å². The number of nitrogens with one attached hydrogen (secondary N) is 7. The molecule has 0 heterocycles. The molecule has 20 heteroatoms. The van der Waals surface area contributed by atoms with Crippen molar-refractivity contribution in [3.05, 3.63) is 0 Å². The molecule has 0 aromatic carbocycles. The van der Waals surface area contributed by atoms with E-state index in [1.54, 1.807) is 7.05 Å². The number of hydrogen-bond acceptors (Lipinski definition) is 12. The van der Waals surface area contributed by atoms with Crippen LogP contribution in [0.25, 0.3) is 0 Å². The number of likely N-dealkylation sites (N-methyl/N-ethyl adjacent to an activating group) is 3. The van der Waals surface area contributed by atoms with Crippen molar-refractivity contribution in [3.8, 4) is 0 Å². The first-order chi connectivity index (χ1) is 20.5. The van der Waals surface area contributed by atoms with Crippen molar-refractivity contribution in [1.29, 1.82) is 0 Å². The lowest BCUT2D eigenvalue weighted by Gasteiger charge is -2.17. The number of amides is 8. The van der Waals surface area contributed by atoms with Gasteiger partial charge in [-0.3, -0.25) is 38.4 Å². The second kappa shape index (κ2) is 28.9. The average Bonchev–Trinajstić information content (AvgIpc) is 2.95. The van der Waals surface area contributed by atoms with Gasteiger partial charge >= 0.3 is 0 Å². The minimum absolute atomic E-state index is 0.00666. The molecule has 44 heavy (non-hydrogen) atoms. The maximum Gasteiger partial charge on any atom is 0.243 e. The number of primary amides is 1. The molecule has 0 aromatic rings. The Morgan fingerprint density at radius 3 is 1.02 bits per heavy atom. The molecule has 254 valence electrons. The van der Waals surface area contributed by atoms with Crippen molar-refractivity contribution >= 4 is 90.4 Å². The van der Waals surface area contributed by atoms with Gasteiger partial charge in [-0.05, 0) is 0 Å². The molecule has 0 fully saturated rings. The lowest BCUT2D eigenvalue weighted by molar-refractivity contribution is -0.127. The Hall–Kier alpha value is -2.84. The summed E-state index contributed by atoms with van der Waals surface area (Å²) in [5, 5.41) is 17.7. The van der Waals surface area contributed by atoms with Crippen molar-refractivity contribution in [1.82, 2.24) is 37.2 Å². The highest BCUT2D eigenvalue weighted by atomic mass is 33.1. The lowest BCUT2D eigenvalue weighted by Crippen LogP contribution is -2.47. The van der Waals surface area contributed by atoms with Crippen LogP contribution in [-0.2, 0) is 38.4 Å². The van der Waals surface area contributed by atoms with E-state index in [1.165, 1.54) is 92.0 Å². The van der Waals surface area contributed by atoms with E-state index in [2.05, 4.69) is 43.0 Å². The molecule has 0 rings (SSSR count). The molecular formula is C24H46N8O8S4. The maximum atomic E-state index is 11.6. The summed E-state index contributed by atoms with van der Waals surface area (Å²) >= 11 is 0. The molecule has 0 aliphatic rings. The normalized spacial score (nSPS) is 11.6. The van der Waals surface area contributed by atoms with Crippen LogP contribution in [0.1, 0.15) is 34.1 Å². The van der Waals surface area contributed by atoms with Crippen LogP contribution in [0.4, 0.5) is 0 Å². The third-order valence-corrected chi connectivity index (χ3v) is 9.22. The lowest BCUT2D eigenvalue weighted by atomic mass is 10.3. The molecule has 0 spiro atoms. The fourth-order valence-corrected chi connectivity index (χ4v) is 6.96.